The van der Waals surface area contributed by atoms with E-state index in [1.54, 1.807) is 0 Å². The molecule has 10 heteroatoms. The first kappa shape index (κ1) is 50.8. The largest absolute Gasteiger partial charge is 0.472 e. The van der Waals surface area contributed by atoms with Crippen LogP contribution in [-0.2, 0) is 27.9 Å². The van der Waals surface area contributed by atoms with Crippen molar-refractivity contribution in [3.05, 3.63) is 12.2 Å². The molecule has 2 atom stereocenters. The van der Waals surface area contributed by atoms with Gasteiger partial charge >= 0.3 is 13.8 Å². The number of ether oxygens (including phenoxy) is 1. The lowest BCUT2D eigenvalue weighted by molar-refractivity contribution is -0.147. The van der Waals surface area contributed by atoms with Gasteiger partial charge in [-0.25, -0.2) is 4.57 Å². The molecule has 0 bridgehead atoms. The number of phosphoric acid groups is 1. The van der Waals surface area contributed by atoms with E-state index in [9.17, 15) is 24.2 Å². The fraction of sp³-hybridized carbons (Fsp3) is 0.905. The minimum atomic E-state index is -4.41. The number of unbranched alkanes of at least 4 members (excludes halogenated alkanes) is 26. The van der Waals surface area contributed by atoms with Gasteiger partial charge in [0, 0.05) is 19.4 Å². The van der Waals surface area contributed by atoms with Crippen LogP contribution in [0.15, 0.2) is 12.2 Å². The van der Waals surface area contributed by atoms with Crippen LogP contribution in [0.4, 0.5) is 0 Å². The summed E-state index contributed by atoms with van der Waals surface area (Å²) in [5.41, 5.74) is 0. The molecule has 0 aromatic carbocycles. The van der Waals surface area contributed by atoms with Crippen molar-refractivity contribution in [1.82, 2.24) is 5.32 Å². The second kappa shape index (κ2) is 39.4. The fourth-order valence-electron chi connectivity index (χ4n) is 6.14. The van der Waals surface area contributed by atoms with Crippen LogP contribution in [0.3, 0.4) is 0 Å². The van der Waals surface area contributed by atoms with E-state index < -0.39 is 26.5 Å². The molecule has 308 valence electrons. The Balaban J connectivity index is 3.56. The lowest BCUT2D eigenvalue weighted by Gasteiger charge is -2.15. The summed E-state index contributed by atoms with van der Waals surface area (Å²) in [5, 5.41) is 12.7. The standard InChI is InChI=1S/C42H82NO8P/c1-3-5-7-9-11-13-15-17-18-19-20-21-23-24-26-28-30-32-34-41(45)43-36-37-50-52(47,48)51-39-40(44)38-49-42(46)35-33-31-29-27-25-22-16-14-12-10-8-6-4-2/h14,16,40,44H,3-13,15,17-39H2,1-2H3,(H,43,45)(H,47,48)/b16-14-. The number of hydrogen-bond donors (Lipinski definition) is 3. The number of rotatable bonds is 41. The van der Waals surface area contributed by atoms with Crippen molar-refractivity contribution >= 4 is 19.7 Å². The van der Waals surface area contributed by atoms with Crippen molar-refractivity contribution in [2.75, 3.05) is 26.4 Å². The van der Waals surface area contributed by atoms with Crippen molar-refractivity contribution in [2.45, 2.75) is 219 Å². The third kappa shape index (κ3) is 39.9. The predicted molar refractivity (Wildman–Crippen MR) is 215 cm³/mol. The van der Waals surface area contributed by atoms with Crippen molar-refractivity contribution in [1.29, 1.82) is 0 Å². The summed E-state index contributed by atoms with van der Waals surface area (Å²) in [4.78, 5) is 33.9. The molecule has 0 spiro atoms. The molecule has 0 aromatic rings. The zero-order valence-corrected chi connectivity index (χ0v) is 34.7. The first-order chi connectivity index (χ1) is 25.3. The minimum Gasteiger partial charge on any atom is -0.463 e. The van der Waals surface area contributed by atoms with Gasteiger partial charge < -0.3 is 20.1 Å². The van der Waals surface area contributed by atoms with E-state index in [1.807, 2.05) is 0 Å². The minimum absolute atomic E-state index is 0.0855. The number of nitrogens with one attached hydrogen (secondary N) is 1. The number of aliphatic hydroxyl groups excluding tert-OH is 1. The molecule has 0 aliphatic carbocycles. The van der Waals surface area contributed by atoms with E-state index in [-0.39, 0.29) is 32.1 Å². The van der Waals surface area contributed by atoms with E-state index in [4.69, 9.17) is 13.8 Å². The zero-order valence-electron chi connectivity index (χ0n) is 33.8. The number of amides is 1. The summed E-state index contributed by atoms with van der Waals surface area (Å²) in [6, 6.07) is 0. The first-order valence-electron chi connectivity index (χ1n) is 21.7. The quantitative estimate of drug-likeness (QED) is 0.0243. The molecule has 52 heavy (non-hydrogen) atoms. The Bertz CT molecular complexity index is 871. The summed E-state index contributed by atoms with van der Waals surface area (Å²) in [7, 11) is -4.41. The van der Waals surface area contributed by atoms with Crippen LogP contribution in [0.1, 0.15) is 213 Å². The van der Waals surface area contributed by atoms with Crippen LogP contribution >= 0.6 is 7.82 Å². The van der Waals surface area contributed by atoms with E-state index >= 15 is 0 Å². The molecule has 0 radical (unpaired) electrons. The van der Waals surface area contributed by atoms with Gasteiger partial charge in [0.15, 0.2) is 0 Å². The van der Waals surface area contributed by atoms with Gasteiger partial charge in [-0.1, -0.05) is 174 Å². The summed E-state index contributed by atoms with van der Waals surface area (Å²) < 4.78 is 26.8. The average molecular weight is 760 g/mol. The Morgan fingerprint density at radius 1 is 0.577 bits per heavy atom. The monoisotopic (exact) mass is 760 g/mol. The van der Waals surface area contributed by atoms with Crippen molar-refractivity contribution in [3.8, 4) is 0 Å². The van der Waals surface area contributed by atoms with Gasteiger partial charge in [0.1, 0.15) is 12.7 Å². The van der Waals surface area contributed by atoms with E-state index in [0.29, 0.717) is 6.42 Å². The lowest BCUT2D eigenvalue weighted by atomic mass is 10.0. The van der Waals surface area contributed by atoms with Crippen LogP contribution in [0, 0.1) is 0 Å². The van der Waals surface area contributed by atoms with Gasteiger partial charge in [0.2, 0.25) is 5.91 Å². The van der Waals surface area contributed by atoms with Crippen molar-refractivity contribution in [2.24, 2.45) is 0 Å². The van der Waals surface area contributed by atoms with Crippen LogP contribution < -0.4 is 5.32 Å². The molecule has 3 N–H and O–H groups in total. The van der Waals surface area contributed by atoms with Gasteiger partial charge in [-0.15, -0.1) is 0 Å². The van der Waals surface area contributed by atoms with Crippen LogP contribution in [0.25, 0.3) is 0 Å². The lowest BCUT2D eigenvalue weighted by Crippen LogP contribution is -2.27. The second-order valence-electron chi connectivity index (χ2n) is 14.7. The van der Waals surface area contributed by atoms with Crippen LogP contribution in [0.2, 0.25) is 0 Å². The predicted octanol–water partition coefficient (Wildman–Crippen LogP) is 11.8. The fourth-order valence-corrected chi connectivity index (χ4v) is 6.90. The van der Waals surface area contributed by atoms with E-state index in [2.05, 4.69) is 31.3 Å². The summed E-state index contributed by atoms with van der Waals surface area (Å²) in [5.74, 6) is -0.517. The van der Waals surface area contributed by atoms with E-state index in [0.717, 1.165) is 57.8 Å². The molecule has 1 amide bonds. The maximum Gasteiger partial charge on any atom is 0.472 e. The maximum absolute atomic E-state index is 12.1. The Morgan fingerprint density at radius 2 is 0.981 bits per heavy atom. The topological polar surface area (TPSA) is 131 Å². The number of carbonyl (C=O) groups excluding carboxylic acids is 2. The molecule has 2 unspecified atom stereocenters. The summed E-state index contributed by atoms with van der Waals surface area (Å²) in [6.45, 7) is 3.55. The highest BCUT2D eigenvalue weighted by molar-refractivity contribution is 7.47. The number of hydrogen-bond acceptors (Lipinski definition) is 7. The highest BCUT2D eigenvalue weighted by Crippen LogP contribution is 2.42. The van der Waals surface area contributed by atoms with Crippen LogP contribution in [0.5, 0.6) is 0 Å². The molecule has 0 fully saturated rings. The third-order valence-corrected chi connectivity index (χ3v) is 10.4. The highest BCUT2D eigenvalue weighted by atomic mass is 31.2. The SMILES string of the molecule is CCCCCC/C=C\CCCCCCCC(=O)OCC(O)COP(=O)(O)OCCNC(=O)CCCCCCCCCCCCCCCCCCCC. The third-order valence-electron chi connectivity index (χ3n) is 9.45. The normalized spacial score (nSPS) is 13.4. The zero-order chi connectivity index (χ0) is 38.2. The number of aliphatic hydroxyl groups is 1. The number of phosphoric ester groups is 1. The number of carbonyl (C=O) groups is 2. The molecule has 9 nitrogen and oxygen atoms in total. The van der Waals surface area contributed by atoms with Gasteiger partial charge in [0.25, 0.3) is 0 Å². The smallest absolute Gasteiger partial charge is 0.463 e. The van der Waals surface area contributed by atoms with Gasteiger partial charge in [-0.2, -0.15) is 0 Å². The van der Waals surface area contributed by atoms with E-state index in [1.165, 1.54) is 128 Å². The second-order valence-corrected chi connectivity index (χ2v) is 16.1. The molecule has 0 heterocycles. The Kier molecular flexibility index (Phi) is 38.5. The van der Waals surface area contributed by atoms with Crippen molar-refractivity contribution < 1.29 is 37.9 Å². The summed E-state index contributed by atoms with van der Waals surface area (Å²) >= 11 is 0. The van der Waals surface area contributed by atoms with Gasteiger partial charge in [-0.3, -0.25) is 18.6 Å². The number of allylic oxidation sites excluding steroid dienone is 2. The molecule has 0 aromatic heterocycles. The van der Waals surface area contributed by atoms with Crippen LogP contribution in [-0.4, -0.2) is 54.3 Å². The molecule has 0 saturated carbocycles. The Labute approximate surface area is 319 Å². The summed E-state index contributed by atoms with van der Waals surface area (Å²) in [6.07, 6.45) is 40.0. The van der Waals surface area contributed by atoms with Gasteiger partial charge in [0.05, 0.1) is 13.2 Å². The Morgan fingerprint density at radius 3 is 1.46 bits per heavy atom. The highest BCUT2D eigenvalue weighted by Gasteiger charge is 2.23. The average Bonchev–Trinajstić information content (AvgIpc) is 3.13. The molecule has 0 rings (SSSR count). The van der Waals surface area contributed by atoms with Crippen molar-refractivity contribution in [3.63, 3.8) is 0 Å². The number of esters is 1. The Hall–Kier alpha value is -1.25. The molecular formula is C42H82NO8P. The molecule has 0 saturated heterocycles. The van der Waals surface area contributed by atoms with Gasteiger partial charge in [-0.05, 0) is 38.5 Å². The maximum atomic E-state index is 12.1. The molecule has 0 aliphatic heterocycles. The molecule has 0 aliphatic rings. The first-order valence-corrected chi connectivity index (χ1v) is 23.2. The molecular weight excluding hydrogens is 677 g/mol.